The molecule has 3 heterocycles. The third-order valence-corrected chi connectivity index (χ3v) is 8.91. The molecule has 5 rings (SSSR count). The summed E-state index contributed by atoms with van der Waals surface area (Å²) < 4.78 is 63.8. The Labute approximate surface area is 297 Å². The fourth-order valence-electron chi connectivity index (χ4n) is 6.82. The van der Waals surface area contributed by atoms with Crippen molar-refractivity contribution >= 4 is 35.8 Å². The molecule has 3 N–H and O–H groups in total. The first-order valence-electron chi connectivity index (χ1n) is 16.8. The highest BCUT2D eigenvalue weighted by Crippen LogP contribution is 2.55. The van der Waals surface area contributed by atoms with Gasteiger partial charge in [0.05, 0.1) is 19.2 Å². The molecule has 4 fully saturated rings. The Morgan fingerprint density at radius 3 is 2.60 bits per heavy atom. The van der Waals surface area contributed by atoms with Crippen molar-refractivity contribution in [1.82, 2.24) is 15.7 Å². The van der Waals surface area contributed by atoms with Crippen molar-refractivity contribution in [3.8, 4) is 0 Å². The first-order valence-corrected chi connectivity index (χ1v) is 16.8. The maximum absolute atomic E-state index is 14.1. The molecular formula is C34H42F3N3O12. The molecule has 4 aliphatic rings. The van der Waals surface area contributed by atoms with Gasteiger partial charge in [0, 0.05) is 31.9 Å². The molecule has 2 bridgehead atoms. The molecule has 2 amide bonds. The molecule has 3 saturated heterocycles. The number of fused-ring (bicyclic) bond motifs is 4. The Bertz CT molecular complexity index is 1550. The fourth-order valence-corrected chi connectivity index (χ4v) is 6.82. The lowest BCUT2D eigenvalue weighted by atomic mass is 9.62. The summed E-state index contributed by atoms with van der Waals surface area (Å²) in [6.07, 6.45) is -5.74. The molecule has 1 aliphatic carbocycles. The van der Waals surface area contributed by atoms with Crippen LogP contribution in [0.15, 0.2) is 30.3 Å². The van der Waals surface area contributed by atoms with Crippen LogP contribution in [0.1, 0.15) is 57.6 Å². The number of benzene rings is 1. The average Bonchev–Trinajstić information content (AvgIpc) is 3.68. The maximum Gasteiger partial charge on any atom is 0.422 e. The van der Waals surface area contributed by atoms with Crippen LogP contribution in [0.5, 0.6) is 0 Å². The van der Waals surface area contributed by atoms with E-state index in [1.54, 1.807) is 45.0 Å². The molecule has 1 saturated carbocycles. The van der Waals surface area contributed by atoms with Crippen LogP contribution in [0.3, 0.4) is 0 Å². The van der Waals surface area contributed by atoms with Gasteiger partial charge in [-0.3, -0.25) is 24.0 Å². The number of alkyl halides is 3. The van der Waals surface area contributed by atoms with Gasteiger partial charge in [0.1, 0.15) is 42.2 Å². The Morgan fingerprint density at radius 2 is 1.88 bits per heavy atom. The van der Waals surface area contributed by atoms with E-state index < -0.39 is 96.6 Å². The SMILES string of the molecule is CC(C)(C)OC(=O)CC[C@@H](CO)NC(=O)CCNC(=O)[C@@]12C[C@H]3OC(=O)[C@@H]1N(Cc1cccc(C=CC(=O)OCC(F)(F)F)c1)O[C@@H]2[C@H]1OCO[C@H]13. The summed E-state index contributed by atoms with van der Waals surface area (Å²) in [5.74, 6) is -3.42. The van der Waals surface area contributed by atoms with Crippen molar-refractivity contribution in [3.63, 3.8) is 0 Å². The fraction of sp³-hybridized carbons (Fsp3) is 0.618. The Kier molecular flexibility index (Phi) is 11.9. The summed E-state index contributed by atoms with van der Waals surface area (Å²) in [5, 5.41) is 16.5. The Hall–Kier alpha value is -4.10. The zero-order valence-electron chi connectivity index (χ0n) is 28.8. The van der Waals surface area contributed by atoms with E-state index in [-0.39, 0.29) is 45.6 Å². The summed E-state index contributed by atoms with van der Waals surface area (Å²) in [5.41, 5.74) is -1.16. The lowest BCUT2D eigenvalue weighted by Gasteiger charge is -2.48. The second-order valence-electron chi connectivity index (χ2n) is 14.0. The van der Waals surface area contributed by atoms with Crippen LogP contribution >= 0.6 is 0 Å². The zero-order chi connectivity index (χ0) is 37.8. The highest BCUT2D eigenvalue weighted by Gasteiger charge is 2.74. The highest BCUT2D eigenvalue weighted by atomic mass is 19.4. The summed E-state index contributed by atoms with van der Waals surface area (Å²) in [6.45, 7) is 2.79. The van der Waals surface area contributed by atoms with Crippen molar-refractivity contribution in [2.45, 2.75) is 101 Å². The van der Waals surface area contributed by atoms with E-state index in [1.807, 2.05) is 0 Å². The molecule has 1 aromatic carbocycles. The number of nitrogens with zero attached hydrogens (tertiary/aromatic N) is 1. The van der Waals surface area contributed by atoms with Gasteiger partial charge in [0.2, 0.25) is 11.8 Å². The third-order valence-electron chi connectivity index (χ3n) is 8.91. The summed E-state index contributed by atoms with van der Waals surface area (Å²) in [7, 11) is 0. The molecular weight excluding hydrogens is 699 g/mol. The van der Waals surface area contributed by atoms with Crippen LogP contribution in [0.4, 0.5) is 13.2 Å². The van der Waals surface area contributed by atoms with Gasteiger partial charge < -0.3 is 39.4 Å². The average molecular weight is 742 g/mol. The molecule has 18 heteroatoms. The van der Waals surface area contributed by atoms with E-state index in [2.05, 4.69) is 15.4 Å². The normalized spacial score (nSPS) is 27.4. The summed E-state index contributed by atoms with van der Waals surface area (Å²) >= 11 is 0. The van der Waals surface area contributed by atoms with Gasteiger partial charge in [-0.15, -0.1) is 0 Å². The number of esters is 3. The van der Waals surface area contributed by atoms with Crippen LogP contribution in [-0.2, 0) is 59.0 Å². The van der Waals surface area contributed by atoms with Gasteiger partial charge in [-0.25, -0.2) is 4.79 Å². The largest absolute Gasteiger partial charge is 0.460 e. The molecule has 1 aromatic rings. The van der Waals surface area contributed by atoms with Gasteiger partial charge in [0.25, 0.3) is 0 Å². The molecule has 0 radical (unpaired) electrons. The minimum atomic E-state index is -4.66. The monoisotopic (exact) mass is 741 g/mol. The van der Waals surface area contributed by atoms with E-state index >= 15 is 0 Å². The van der Waals surface area contributed by atoms with E-state index in [4.69, 9.17) is 23.8 Å². The van der Waals surface area contributed by atoms with Gasteiger partial charge in [-0.2, -0.15) is 18.2 Å². The third kappa shape index (κ3) is 9.27. The lowest BCUT2D eigenvalue weighted by molar-refractivity contribution is -0.201. The van der Waals surface area contributed by atoms with E-state index in [0.29, 0.717) is 11.1 Å². The number of ether oxygens (including phenoxy) is 5. The lowest BCUT2D eigenvalue weighted by Crippen LogP contribution is -2.69. The van der Waals surface area contributed by atoms with E-state index in [1.165, 1.54) is 11.1 Å². The van der Waals surface area contributed by atoms with Gasteiger partial charge in [0.15, 0.2) is 12.6 Å². The molecule has 0 unspecified atom stereocenters. The number of carbonyl (C=O) groups is 5. The number of rotatable bonds is 14. The van der Waals surface area contributed by atoms with Crippen molar-refractivity contribution in [2.75, 3.05) is 26.6 Å². The molecule has 3 aliphatic heterocycles. The van der Waals surface area contributed by atoms with Crippen LogP contribution in [0.2, 0.25) is 0 Å². The second-order valence-corrected chi connectivity index (χ2v) is 14.0. The number of carbonyl (C=O) groups excluding carboxylic acids is 5. The second kappa shape index (κ2) is 15.9. The number of halogens is 3. The van der Waals surface area contributed by atoms with Crippen molar-refractivity contribution in [2.24, 2.45) is 5.41 Å². The molecule has 52 heavy (non-hydrogen) atoms. The Morgan fingerprint density at radius 1 is 1.13 bits per heavy atom. The number of aliphatic hydroxyl groups is 1. The molecule has 15 nitrogen and oxygen atoms in total. The van der Waals surface area contributed by atoms with E-state index in [9.17, 15) is 42.3 Å². The molecule has 0 aromatic heterocycles. The quantitative estimate of drug-likeness (QED) is 0.141. The molecule has 286 valence electrons. The predicted octanol–water partition coefficient (Wildman–Crippen LogP) is 1.45. The topological polar surface area (TPSA) is 188 Å². The standard InChI is InChI=1S/C34H42F3N3O12/c1-32(2,3)51-25(44)10-8-21(16-41)39-23(42)11-12-38-31(46)33-14-22-26-27(49-18-48-26)29(33)52-40(28(33)30(45)50-22)15-20-6-4-5-19(13-20)7-9-24(43)47-17-34(35,36)37/h4-7,9,13,21-22,26-29,41H,8,10-12,14-18H2,1-3H3,(H,38,46)(H,39,42)/t21-,22+,26-,27-,28-,29+,33-/m0/s1. The van der Waals surface area contributed by atoms with Gasteiger partial charge in [-0.1, -0.05) is 24.3 Å². The smallest absolute Gasteiger partial charge is 0.422 e. The molecule has 7 atom stereocenters. The minimum Gasteiger partial charge on any atom is -0.460 e. The highest BCUT2D eigenvalue weighted by molar-refractivity contribution is 5.94. The molecule has 0 spiro atoms. The van der Waals surface area contributed by atoms with E-state index in [0.717, 1.165) is 6.08 Å². The van der Waals surface area contributed by atoms with Crippen LogP contribution < -0.4 is 10.6 Å². The summed E-state index contributed by atoms with van der Waals surface area (Å²) in [4.78, 5) is 70.5. The number of nitrogens with one attached hydrogen (secondary N) is 2. The first-order chi connectivity index (χ1) is 24.5. The maximum atomic E-state index is 14.1. The minimum absolute atomic E-state index is 0.0203. The van der Waals surface area contributed by atoms with Crippen molar-refractivity contribution < 1.29 is 70.8 Å². The Balaban J connectivity index is 1.24. The van der Waals surface area contributed by atoms with Gasteiger partial charge in [-0.05, 0) is 44.4 Å². The number of hydrogen-bond donors (Lipinski definition) is 3. The van der Waals surface area contributed by atoms with Gasteiger partial charge >= 0.3 is 24.1 Å². The van der Waals surface area contributed by atoms with Crippen molar-refractivity contribution in [1.29, 1.82) is 0 Å². The first kappa shape index (κ1) is 39.1. The van der Waals surface area contributed by atoms with Crippen LogP contribution in [0, 0.1) is 5.41 Å². The van der Waals surface area contributed by atoms with Crippen molar-refractivity contribution in [3.05, 3.63) is 41.5 Å². The number of hydroxylamine groups is 2. The number of amides is 2. The van der Waals surface area contributed by atoms with Crippen LogP contribution in [0.25, 0.3) is 6.08 Å². The number of hydrogen-bond acceptors (Lipinski definition) is 13. The number of aliphatic hydroxyl groups excluding tert-OH is 1. The zero-order valence-corrected chi connectivity index (χ0v) is 28.8. The van der Waals surface area contributed by atoms with Crippen LogP contribution in [-0.4, -0.2) is 115 Å². The summed E-state index contributed by atoms with van der Waals surface area (Å²) in [6, 6.07) is 4.60. The predicted molar refractivity (Wildman–Crippen MR) is 170 cm³/mol.